The van der Waals surface area contributed by atoms with E-state index in [9.17, 15) is 43.5 Å². The summed E-state index contributed by atoms with van der Waals surface area (Å²) in [6.07, 6.45) is 70.5. The predicted molar refractivity (Wildman–Crippen MR) is 362 cm³/mol. The average Bonchev–Trinajstić information content (AvgIpc) is 3.56. The Balaban J connectivity index is 4.46. The number of phosphoric ester groups is 2. The van der Waals surface area contributed by atoms with Crippen molar-refractivity contribution in [1.29, 1.82) is 0 Å². The molecule has 0 saturated heterocycles. The number of allylic oxidation sites excluding steroid dienone is 16. The summed E-state index contributed by atoms with van der Waals surface area (Å²) in [6, 6.07) is 0. The maximum absolute atomic E-state index is 12.8. The van der Waals surface area contributed by atoms with Crippen LogP contribution in [0.3, 0.4) is 0 Å². The van der Waals surface area contributed by atoms with Crippen LogP contribution in [0.15, 0.2) is 97.2 Å². The highest BCUT2D eigenvalue weighted by molar-refractivity contribution is 7.47. The fraction of sp³-hybridized carbons (Fsp3) is 0.732. The number of esters is 3. The predicted octanol–water partition coefficient (Wildman–Crippen LogP) is 19.1. The molecule has 0 aliphatic heterocycles. The van der Waals surface area contributed by atoms with Crippen LogP contribution in [0.2, 0.25) is 0 Å². The normalized spacial score (nSPS) is 14.8. The second-order valence-electron chi connectivity index (χ2n) is 22.9. The van der Waals surface area contributed by atoms with Crippen LogP contribution in [0.5, 0.6) is 0 Å². The minimum absolute atomic E-state index is 0.0914. The highest BCUT2D eigenvalue weighted by Crippen LogP contribution is 2.45. The second-order valence-corrected chi connectivity index (χ2v) is 25.8. The summed E-state index contributed by atoms with van der Waals surface area (Å²) in [6.45, 7) is 2.46. The fourth-order valence-corrected chi connectivity index (χ4v) is 10.5. The molecule has 16 nitrogen and oxygen atoms in total. The molecule has 0 spiro atoms. The molecule has 4 N–H and O–H groups in total. The van der Waals surface area contributed by atoms with Crippen LogP contribution in [0, 0.1) is 0 Å². The van der Waals surface area contributed by atoms with E-state index in [1.807, 2.05) is 0 Å². The van der Waals surface area contributed by atoms with E-state index in [1.165, 1.54) is 77.0 Å². The molecule has 0 rings (SSSR count). The number of unbranched alkanes of at least 4 members (excludes halogenated alkanes) is 26. The van der Waals surface area contributed by atoms with Crippen molar-refractivity contribution >= 4 is 33.6 Å². The molecule has 89 heavy (non-hydrogen) atoms. The Morgan fingerprint density at radius 3 is 0.989 bits per heavy atom. The smallest absolute Gasteiger partial charge is 0.463 e. The van der Waals surface area contributed by atoms with Gasteiger partial charge in [0.15, 0.2) is 6.10 Å². The lowest BCUT2D eigenvalue weighted by Gasteiger charge is -2.21. The van der Waals surface area contributed by atoms with Gasteiger partial charge in [0.1, 0.15) is 25.4 Å². The van der Waals surface area contributed by atoms with Gasteiger partial charge in [-0.05, 0) is 116 Å². The molecule has 514 valence electrons. The molecule has 5 atom stereocenters. The Kier molecular flexibility index (Phi) is 62.0. The largest absolute Gasteiger partial charge is 0.472 e. The van der Waals surface area contributed by atoms with Gasteiger partial charge in [0.2, 0.25) is 0 Å². The van der Waals surface area contributed by atoms with Crippen molar-refractivity contribution in [2.45, 2.75) is 296 Å². The number of rotatable bonds is 65. The maximum atomic E-state index is 12.8. The molecule has 0 amide bonds. The van der Waals surface area contributed by atoms with Crippen molar-refractivity contribution in [3.63, 3.8) is 0 Å². The lowest BCUT2D eigenvalue weighted by Crippen LogP contribution is -2.30. The summed E-state index contributed by atoms with van der Waals surface area (Å²) in [5.74, 6) is -1.60. The number of ether oxygens (including phenoxy) is 3. The van der Waals surface area contributed by atoms with Gasteiger partial charge in [0.05, 0.1) is 26.4 Å². The van der Waals surface area contributed by atoms with Gasteiger partial charge in [-0.25, -0.2) is 9.13 Å². The Morgan fingerprint density at radius 2 is 0.607 bits per heavy atom. The molecule has 0 aliphatic rings. The molecule has 0 aliphatic carbocycles. The Morgan fingerprint density at radius 1 is 0.326 bits per heavy atom. The van der Waals surface area contributed by atoms with Crippen LogP contribution in [0.4, 0.5) is 0 Å². The van der Waals surface area contributed by atoms with Gasteiger partial charge in [-0.2, -0.15) is 0 Å². The van der Waals surface area contributed by atoms with Gasteiger partial charge in [0.25, 0.3) is 0 Å². The van der Waals surface area contributed by atoms with Crippen LogP contribution in [-0.4, -0.2) is 95.9 Å². The van der Waals surface area contributed by atoms with Crippen LogP contribution in [0.1, 0.15) is 278 Å². The molecule has 0 aromatic heterocycles. The van der Waals surface area contributed by atoms with Crippen LogP contribution in [0.25, 0.3) is 0 Å². The number of aliphatic hydroxyl groups excluding tert-OH is 2. The van der Waals surface area contributed by atoms with E-state index in [0.717, 1.165) is 141 Å². The molecule has 0 fully saturated rings. The molecule has 0 bridgehead atoms. The van der Waals surface area contributed by atoms with Gasteiger partial charge in [-0.1, -0.05) is 240 Å². The standard InChI is InChI=1S/C71H124O16P2/c1-4-7-10-13-16-19-22-24-26-27-28-29-30-31-32-33-34-35-36-37-39-41-43-45-48-51-54-57-69(74)81-60-66(72)61-83-88(77,78)84-62-67(73)63-85-89(79,80)86-65-68(87-71(76)59-56-53-50-47-42-21-18-15-12-9-6-3)64-82-70(75)58-55-52-49-46-44-40-38-25-23-20-17-14-11-8-5-2/h7,10,15-20,24-26,28-29,31-32,38,66-68,72-73H,4-6,8-9,11-14,21-23,27,30,33-37,39-65H2,1-3H3,(H,77,78)(H,79,80)/b10-7-,18-15-,19-16-,20-17-,26-24-,29-28-,32-31-,38-25-. The van der Waals surface area contributed by atoms with E-state index >= 15 is 0 Å². The van der Waals surface area contributed by atoms with Crippen LogP contribution >= 0.6 is 15.6 Å². The van der Waals surface area contributed by atoms with Crippen molar-refractivity contribution in [3.8, 4) is 0 Å². The second kappa shape index (κ2) is 64.6. The maximum Gasteiger partial charge on any atom is 0.472 e. The van der Waals surface area contributed by atoms with Crippen molar-refractivity contribution in [2.75, 3.05) is 39.6 Å². The van der Waals surface area contributed by atoms with E-state index in [4.69, 9.17) is 32.3 Å². The number of phosphoric acid groups is 2. The minimum Gasteiger partial charge on any atom is -0.463 e. The minimum atomic E-state index is -4.92. The Labute approximate surface area is 539 Å². The summed E-state index contributed by atoms with van der Waals surface area (Å²) in [5.41, 5.74) is 0. The zero-order valence-corrected chi connectivity index (χ0v) is 57.4. The molecular weight excluding hydrogens is 1170 g/mol. The molecule has 0 aromatic carbocycles. The zero-order chi connectivity index (χ0) is 65.3. The molecule has 5 unspecified atom stereocenters. The number of hydrogen-bond donors (Lipinski definition) is 4. The van der Waals surface area contributed by atoms with E-state index in [1.54, 1.807) is 0 Å². The Bertz CT molecular complexity index is 2010. The third-order valence-corrected chi connectivity index (χ3v) is 16.2. The molecule has 0 radical (unpaired) electrons. The summed E-state index contributed by atoms with van der Waals surface area (Å²) in [5, 5.41) is 20.5. The Hall–Kier alpha value is -3.53. The fourth-order valence-electron chi connectivity index (χ4n) is 8.96. The van der Waals surface area contributed by atoms with E-state index in [0.29, 0.717) is 19.3 Å². The van der Waals surface area contributed by atoms with Crippen molar-refractivity contribution in [3.05, 3.63) is 97.2 Å². The molecular formula is C71H124O16P2. The summed E-state index contributed by atoms with van der Waals surface area (Å²) in [7, 11) is -9.77. The van der Waals surface area contributed by atoms with E-state index in [-0.39, 0.29) is 19.3 Å². The first kappa shape index (κ1) is 85.5. The average molecular weight is 1300 g/mol. The number of hydrogen-bond acceptors (Lipinski definition) is 14. The van der Waals surface area contributed by atoms with Crippen LogP contribution in [-0.2, 0) is 55.8 Å². The monoisotopic (exact) mass is 1290 g/mol. The van der Waals surface area contributed by atoms with Gasteiger partial charge < -0.3 is 34.2 Å². The lowest BCUT2D eigenvalue weighted by molar-refractivity contribution is -0.161. The van der Waals surface area contributed by atoms with Gasteiger partial charge in [-0.3, -0.25) is 32.5 Å². The van der Waals surface area contributed by atoms with Crippen molar-refractivity contribution < 1.29 is 75.8 Å². The highest BCUT2D eigenvalue weighted by Gasteiger charge is 2.29. The van der Waals surface area contributed by atoms with Gasteiger partial charge in [-0.15, -0.1) is 0 Å². The first-order valence-electron chi connectivity index (χ1n) is 34.5. The molecule has 0 saturated carbocycles. The van der Waals surface area contributed by atoms with Gasteiger partial charge in [0, 0.05) is 19.3 Å². The highest BCUT2D eigenvalue weighted by atomic mass is 31.2. The first-order valence-corrected chi connectivity index (χ1v) is 37.5. The number of aliphatic hydroxyl groups is 2. The third kappa shape index (κ3) is 65.8. The topological polar surface area (TPSA) is 231 Å². The van der Waals surface area contributed by atoms with Gasteiger partial charge >= 0.3 is 33.6 Å². The first-order chi connectivity index (χ1) is 43.2. The molecule has 18 heteroatoms. The van der Waals surface area contributed by atoms with Crippen molar-refractivity contribution in [1.82, 2.24) is 0 Å². The summed E-state index contributed by atoms with van der Waals surface area (Å²) < 4.78 is 60.8. The van der Waals surface area contributed by atoms with Crippen LogP contribution < -0.4 is 0 Å². The van der Waals surface area contributed by atoms with E-state index < -0.39 is 91.5 Å². The van der Waals surface area contributed by atoms with Crippen molar-refractivity contribution in [2.24, 2.45) is 0 Å². The summed E-state index contributed by atoms with van der Waals surface area (Å²) in [4.78, 5) is 58.2. The SMILES string of the molecule is CC/C=C\C/C=C\C/C=C\C/C=C\C/C=C\CCCCCCCCCCCCCC(=O)OCC(O)COP(=O)(O)OCC(O)COP(=O)(O)OCC(COC(=O)CCCCCCC/C=C\C/C=C\CCCCC)OC(=O)CCCCCCC/C=C\CCCC. The van der Waals surface area contributed by atoms with E-state index in [2.05, 4.69) is 118 Å². The number of carbonyl (C=O) groups excluding carboxylic acids is 3. The lowest BCUT2D eigenvalue weighted by atomic mass is 10.0. The number of carbonyl (C=O) groups is 3. The summed E-state index contributed by atoms with van der Waals surface area (Å²) >= 11 is 0. The third-order valence-electron chi connectivity index (χ3n) is 14.3. The quantitative estimate of drug-likeness (QED) is 0.0146. The molecule has 0 aromatic rings. The molecule has 0 heterocycles. The zero-order valence-electron chi connectivity index (χ0n) is 55.6.